The summed E-state index contributed by atoms with van der Waals surface area (Å²) in [5.74, 6) is 1.01. The topological polar surface area (TPSA) is 104 Å². The molecule has 35 heavy (non-hydrogen) atoms. The fraction of sp³-hybridized carbons (Fsp3) is 0.148. The van der Waals surface area contributed by atoms with Gasteiger partial charge in [-0.25, -0.2) is 0 Å². The Hall–Kier alpha value is -4.27. The van der Waals surface area contributed by atoms with Crippen molar-refractivity contribution in [1.82, 2.24) is 0 Å². The van der Waals surface area contributed by atoms with Gasteiger partial charge in [-0.3, -0.25) is 4.79 Å². The number of hydrogen-bond acceptors (Lipinski definition) is 6. The van der Waals surface area contributed by atoms with Crippen molar-refractivity contribution < 1.29 is 19.0 Å². The van der Waals surface area contributed by atoms with E-state index in [4.69, 9.17) is 14.2 Å². The van der Waals surface area contributed by atoms with Crippen molar-refractivity contribution in [3.63, 3.8) is 0 Å². The van der Waals surface area contributed by atoms with E-state index in [9.17, 15) is 15.3 Å². The molecule has 3 rings (SSSR count). The molecule has 0 unspecified atom stereocenters. The number of nitrogens with zero attached hydrogens (tertiary/aromatic N) is 2. The molecule has 176 valence electrons. The summed E-state index contributed by atoms with van der Waals surface area (Å²) in [5.41, 5.74) is 2.29. The van der Waals surface area contributed by atoms with E-state index in [0.29, 0.717) is 45.1 Å². The van der Waals surface area contributed by atoms with Crippen LogP contribution in [0.25, 0.3) is 6.08 Å². The quantitative estimate of drug-likeness (QED) is 0.274. The van der Waals surface area contributed by atoms with Crippen LogP contribution in [-0.4, -0.2) is 19.6 Å². The van der Waals surface area contributed by atoms with Gasteiger partial charge in [0.1, 0.15) is 24.0 Å². The Kier molecular flexibility index (Phi) is 8.89. The normalized spacial score (nSPS) is 10.6. The molecule has 0 heterocycles. The zero-order valence-corrected chi connectivity index (χ0v) is 20.8. The minimum absolute atomic E-state index is 0.0850. The largest absolute Gasteiger partial charge is 0.494 e. The van der Waals surface area contributed by atoms with Crippen LogP contribution in [0.15, 0.2) is 70.7 Å². The summed E-state index contributed by atoms with van der Waals surface area (Å²) in [6, 6.07) is 21.5. The number of carbonyl (C=O) groups excluding carboxylic acids is 1. The van der Waals surface area contributed by atoms with Gasteiger partial charge >= 0.3 is 0 Å². The van der Waals surface area contributed by atoms with E-state index in [1.807, 2.05) is 25.1 Å². The van der Waals surface area contributed by atoms with Crippen LogP contribution >= 0.6 is 15.9 Å². The minimum Gasteiger partial charge on any atom is -0.494 e. The molecule has 0 spiro atoms. The number of nitriles is 2. The molecule has 7 nitrogen and oxygen atoms in total. The molecule has 0 aliphatic carbocycles. The average Bonchev–Trinajstić information content (AvgIpc) is 2.88. The molecule has 0 atom stereocenters. The number of benzene rings is 3. The monoisotopic (exact) mass is 531 g/mol. The first-order chi connectivity index (χ1) is 17.0. The summed E-state index contributed by atoms with van der Waals surface area (Å²) in [7, 11) is 1.50. The van der Waals surface area contributed by atoms with Crippen LogP contribution in [0.4, 0.5) is 5.69 Å². The third kappa shape index (κ3) is 6.63. The number of amides is 1. The molecule has 0 radical (unpaired) electrons. The van der Waals surface area contributed by atoms with Gasteiger partial charge in [0.05, 0.1) is 25.3 Å². The molecule has 0 aromatic heterocycles. The van der Waals surface area contributed by atoms with Crippen LogP contribution in [0.2, 0.25) is 0 Å². The predicted molar refractivity (Wildman–Crippen MR) is 136 cm³/mol. The van der Waals surface area contributed by atoms with Crippen molar-refractivity contribution in [3.05, 3.63) is 87.4 Å². The SMILES string of the molecule is CCOc1ccc(NC(=O)/C(C#N)=C\c2cc(OC)c(OCc3ccccc3C#N)cc2Br)cc1. The number of rotatable bonds is 9. The van der Waals surface area contributed by atoms with E-state index in [1.165, 1.54) is 13.2 Å². The van der Waals surface area contributed by atoms with Gasteiger partial charge in [-0.05, 0) is 61.0 Å². The molecule has 1 amide bonds. The molecule has 8 heteroatoms. The first kappa shape index (κ1) is 25.4. The average molecular weight is 532 g/mol. The minimum atomic E-state index is -0.545. The highest BCUT2D eigenvalue weighted by Crippen LogP contribution is 2.35. The summed E-state index contributed by atoms with van der Waals surface area (Å²) < 4.78 is 17.3. The Balaban J connectivity index is 1.79. The Morgan fingerprint density at radius 1 is 1.06 bits per heavy atom. The van der Waals surface area contributed by atoms with Crippen LogP contribution in [-0.2, 0) is 11.4 Å². The first-order valence-electron chi connectivity index (χ1n) is 10.6. The lowest BCUT2D eigenvalue weighted by Crippen LogP contribution is -2.13. The summed E-state index contributed by atoms with van der Waals surface area (Å²) in [4.78, 5) is 12.7. The van der Waals surface area contributed by atoms with E-state index < -0.39 is 5.91 Å². The number of halogens is 1. The van der Waals surface area contributed by atoms with Crippen molar-refractivity contribution in [1.29, 1.82) is 10.5 Å². The molecule has 0 fully saturated rings. The number of carbonyl (C=O) groups is 1. The number of ether oxygens (including phenoxy) is 3. The molecule has 3 aromatic carbocycles. The fourth-order valence-corrected chi connectivity index (χ4v) is 3.59. The van der Waals surface area contributed by atoms with Gasteiger partial charge in [0.15, 0.2) is 11.5 Å². The first-order valence-corrected chi connectivity index (χ1v) is 11.4. The van der Waals surface area contributed by atoms with Crippen LogP contribution < -0.4 is 19.5 Å². The highest BCUT2D eigenvalue weighted by molar-refractivity contribution is 9.10. The van der Waals surface area contributed by atoms with Crippen LogP contribution in [0, 0.1) is 22.7 Å². The number of hydrogen-bond donors (Lipinski definition) is 1. The third-order valence-electron chi connectivity index (χ3n) is 4.89. The Morgan fingerprint density at radius 2 is 1.80 bits per heavy atom. The van der Waals surface area contributed by atoms with Crippen molar-refractivity contribution in [3.8, 4) is 29.4 Å². The van der Waals surface area contributed by atoms with Crippen LogP contribution in [0.3, 0.4) is 0 Å². The van der Waals surface area contributed by atoms with Gasteiger partial charge in [-0.1, -0.05) is 34.1 Å². The maximum Gasteiger partial charge on any atom is 0.266 e. The number of anilines is 1. The van der Waals surface area contributed by atoms with Crippen LogP contribution in [0.5, 0.6) is 17.2 Å². The second-order valence-corrected chi connectivity index (χ2v) is 8.02. The van der Waals surface area contributed by atoms with Gasteiger partial charge in [0.2, 0.25) is 0 Å². The summed E-state index contributed by atoms with van der Waals surface area (Å²) >= 11 is 3.47. The molecule has 1 N–H and O–H groups in total. The lowest BCUT2D eigenvalue weighted by Gasteiger charge is -2.14. The molecule has 0 bridgehead atoms. The fourth-order valence-electron chi connectivity index (χ4n) is 3.15. The van der Waals surface area contributed by atoms with Gasteiger partial charge < -0.3 is 19.5 Å². The second kappa shape index (κ2) is 12.3. The van der Waals surface area contributed by atoms with Gasteiger partial charge in [0.25, 0.3) is 5.91 Å². The Morgan fingerprint density at radius 3 is 2.46 bits per heavy atom. The summed E-state index contributed by atoms with van der Waals surface area (Å²) in [6.45, 7) is 2.61. The zero-order chi connectivity index (χ0) is 25.2. The molecular formula is C27H22BrN3O4. The highest BCUT2D eigenvalue weighted by Gasteiger charge is 2.14. The zero-order valence-electron chi connectivity index (χ0n) is 19.2. The van der Waals surface area contributed by atoms with Crippen molar-refractivity contribution >= 4 is 33.6 Å². The summed E-state index contributed by atoms with van der Waals surface area (Å²) in [5, 5.41) is 21.6. The lowest BCUT2D eigenvalue weighted by atomic mass is 10.1. The van der Waals surface area contributed by atoms with Crippen molar-refractivity contribution in [2.75, 3.05) is 19.0 Å². The van der Waals surface area contributed by atoms with Crippen molar-refractivity contribution in [2.24, 2.45) is 0 Å². The van der Waals surface area contributed by atoms with E-state index in [1.54, 1.807) is 48.5 Å². The van der Waals surface area contributed by atoms with Gasteiger partial charge in [0, 0.05) is 15.7 Å². The van der Waals surface area contributed by atoms with Crippen molar-refractivity contribution in [2.45, 2.75) is 13.5 Å². The molecule has 0 aliphatic heterocycles. The number of nitrogens with one attached hydrogen (secondary N) is 1. The molecular weight excluding hydrogens is 510 g/mol. The number of methoxy groups -OCH3 is 1. The smallest absolute Gasteiger partial charge is 0.266 e. The van der Waals surface area contributed by atoms with Gasteiger partial charge in [-0.2, -0.15) is 10.5 Å². The van der Waals surface area contributed by atoms with Gasteiger partial charge in [-0.15, -0.1) is 0 Å². The van der Waals surface area contributed by atoms with Crippen LogP contribution in [0.1, 0.15) is 23.6 Å². The van der Waals surface area contributed by atoms with E-state index in [2.05, 4.69) is 27.3 Å². The molecule has 0 aliphatic rings. The maximum atomic E-state index is 12.7. The predicted octanol–water partition coefficient (Wildman–Crippen LogP) is 5.85. The lowest BCUT2D eigenvalue weighted by molar-refractivity contribution is -0.112. The van der Waals surface area contributed by atoms with E-state index in [-0.39, 0.29) is 12.2 Å². The second-order valence-electron chi connectivity index (χ2n) is 7.16. The molecule has 3 aromatic rings. The standard InChI is InChI=1S/C27H22BrN3O4/c1-3-34-23-10-8-22(9-11-23)31-27(32)21(16-30)12-20-13-25(33-2)26(14-24(20)28)35-17-19-7-5-4-6-18(19)15-29/h4-14H,3,17H2,1-2H3,(H,31,32)/b21-12-. The van der Waals surface area contributed by atoms with E-state index in [0.717, 1.165) is 5.56 Å². The summed E-state index contributed by atoms with van der Waals surface area (Å²) in [6.07, 6.45) is 1.46. The maximum absolute atomic E-state index is 12.7. The third-order valence-corrected chi connectivity index (χ3v) is 5.58. The Bertz CT molecular complexity index is 1320. The Labute approximate surface area is 212 Å². The van der Waals surface area contributed by atoms with E-state index >= 15 is 0 Å². The molecule has 0 saturated carbocycles. The highest BCUT2D eigenvalue weighted by atomic mass is 79.9. The molecule has 0 saturated heterocycles.